The zero-order valence-corrected chi connectivity index (χ0v) is 12.1. The lowest BCUT2D eigenvalue weighted by molar-refractivity contribution is 0.0647. The van der Waals surface area contributed by atoms with Crippen LogP contribution < -0.4 is 0 Å². The van der Waals surface area contributed by atoms with Crippen molar-refractivity contribution in [3.05, 3.63) is 60.0 Å². The first kappa shape index (κ1) is 16.8. The van der Waals surface area contributed by atoms with Gasteiger partial charge in [-0.25, -0.2) is 4.79 Å². The van der Waals surface area contributed by atoms with Gasteiger partial charge in [0.25, 0.3) is 0 Å². The van der Waals surface area contributed by atoms with Gasteiger partial charge in [-0.2, -0.15) is 0 Å². The maximum absolute atomic E-state index is 11.6. The lowest BCUT2D eigenvalue weighted by atomic mass is 10.1. The van der Waals surface area contributed by atoms with Crippen LogP contribution in [0, 0.1) is 6.92 Å². The van der Waals surface area contributed by atoms with Crippen LogP contribution in [0.5, 0.6) is 0 Å². The Morgan fingerprint density at radius 3 is 2.21 bits per heavy atom. The topological polar surface area (TPSA) is 38.7 Å². The molecule has 0 bridgehead atoms. The number of carbonyl (C=O) groups is 1. The van der Waals surface area contributed by atoms with Crippen molar-refractivity contribution in [3.8, 4) is 0 Å². The Kier molecular flexibility index (Phi) is 7.85. The first-order valence-corrected chi connectivity index (χ1v) is 6.16. The molecule has 0 aliphatic rings. The highest BCUT2D eigenvalue weighted by molar-refractivity contribution is 5.92. The van der Waals surface area contributed by atoms with E-state index in [2.05, 4.69) is 18.2 Å². The molecular formula is C16H21NO2. The molecule has 0 aliphatic heterocycles. The fourth-order valence-electron chi connectivity index (χ4n) is 1.08. The molecule has 0 N–H and O–H groups in total. The maximum atomic E-state index is 11.6. The van der Waals surface area contributed by atoms with Gasteiger partial charge in [0.2, 0.25) is 0 Å². The molecule has 0 atom stereocenters. The molecule has 0 heterocycles. The summed E-state index contributed by atoms with van der Waals surface area (Å²) >= 11 is 0. The second-order valence-electron chi connectivity index (χ2n) is 3.72. The summed E-state index contributed by atoms with van der Waals surface area (Å²) in [4.78, 5) is 15.5. The minimum atomic E-state index is -0.442. The van der Waals surface area contributed by atoms with Gasteiger partial charge < -0.3 is 4.74 Å². The van der Waals surface area contributed by atoms with E-state index in [9.17, 15) is 4.79 Å². The van der Waals surface area contributed by atoms with Crippen LogP contribution in [-0.4, -0.2) is 12.2 Å². The van der Waals surface area contributed by atoms with Crippen molar-refractivity contribution in [2.45, 2.75) is 27.7 Å². The molecule has 0 radical (unpaired) electrons. The number of aryl methyl sites for hydroxylation is 1. The van der Waals surface area contributed by atoms with Crippen LogP contribution in [0.1, 0.15) is 36.7 Å². The van der Waals surface area contributed by atoms with Crippen molar-refractivity contribution in [2.24, 2.45) is 4.99 Å². The second-order valence-corrected chi connectivity index (χ2v) is 3.72. The molecule has 0 saturated carbocycles. The summed E-state index contributed by atoms with van der Waals surface area (Å²) in [6.45, 7) is 14.9. The highest BCUT2D eigenvalue weighted by Gasteiger charge is 2.07. The highest BCUT2D eigenvalue weighted by atomic mass is 16.5. The van der Waals surface area contributed by atoms with Crippen LogP contribution in [0.3, 0.4) is 0 Å². The quantitative estimate of drug-likeness (QED) is 0.459. The largest absolute Gasteiger partial charge is 0.422 e. The number of rotatable bonds is 4. The van der Waals surface area contributed by atoms with Gasteiger partial charge in [0.1, 0.15) is 5.76 Å². The van der Waals surface area contributed by atoms with E-state index in [0.29, 0.717) is 11.3 Å². The van der Waals surface area contributed by atoms with Crippen LogP contribution in [0.15, 0.2) is 53.9 Å². The molecule has 0 unspecified atom stereocenters. The number of ether oxygens (including phenoxy) is 1. The van der Waals surface area contributed by atoms with Crippen LogP contribution >= 0.6 is 0 Å². The average molecular weight is 259 g/mol. The molecule has 19 heavy (non-hydrogen) atoms. The smallest absolute Gasteiger partial charge is 0.343 e. The normalized spacial score (nSPS) is 9.47. The summed E-state index contributed by atoms with van der Waals surface area (Å²) in [6, 6.07) is 7.12. The molecule has 3 nitrogen and oxygen atoms in total. The van der Waals surface area contributed by atoms with Crippen LogP contribution in [0.2, 0.25) is 0 Å². The second kappa shape index (κ2) is 8.86. The number of esters is 1. The standard InChI is InChI=1S/C14H15NO2.C2H6/c1-10(2)15-9-12(4)17-14(16)13-7-5-11(3)6-8-13;1-2/h5-9H,1,4H2,2-3H3;1-2H3. The van der Waals surface area contributed by atoms with E-state index in [0.717, 1.165) is 5.56 Å². The predicted molar refractivity (Wildman–Crippen MR) is 80.4 cm³/mol. The number of nitrogens with zero attached hydrogens (tertiary/aromatic N) is 1. The van der Waals surface area contributed by atoms with Gasteiger partial charge in [-0.05, 0) is 26.0 Å². The van der Waals surface area contributed by atoms with Crippen LogP contribution in [-0.2, 0) is 4.74 Å². The third kappa shape index (κ3) is 6.99. The van der Waals surface area contributed by atoms with Crippen molar-refractivity contribution < 1.29 is 9.53 Å². The lowest BCUT2D eigenvalue weighted by Gasteiger charge is -2.03. The Hall–Kier alpha value is -2.16. The maximum Gasteiger partial charge on any atom is 0.343 e. The highest BCUT2D eigenvalue weighted by Crippen LogP contribution is 2.06. The number of hydrogen-bond acceptors (Lipinski definition) is 3. The van der Waals surface area contributed by atoms with E-state index in [4.69, 9.17) is 4.74 Å². The number of aliphatic imine (C=N–C) groups is 1. The fourth-order valence-corrected chi connectivity index (χ4v) is 1.08. The summed E-state index contributed by atoms with van der Waals surface area (Å²) in [5.41, 5.74) is 2.20. The molecule has 0 fully saturated rings. The van der Waals surface area contributed by atoms with Gasteiger partial charge in [0, 0.05) is 5.70 Å². The summed E-state index contributed by atoms with van der Waals surface area (Å²) in [5, 5.41) is 0. The molecule has 0 amide bonds. The molecular weight excluding hydrogens is 238 g/mol. The number of carbonyl (C=O) groups excluding carboxylic acids is 1. The molecule has 0 aromatic heterocycles. The molecule has 0 aliphatic carbocycles. The van der Waals surface area contributed by atoms with E-state index >= 15 is 0 Å². The predicted octanol–water partition coefficient (Wildman–Crippen LogP) is 4.30. The molecule has 102 valence electrons. The Morgan fingerprint density at radius 2 is 1.74 bits per heavy atom. The van der Waals surface area contributed by atoms with Crippen molar-refractivity contribution in [1.29, 1.82) is 0 Å². The summed E-state index contributed by atoms with van der Waals surface area (Å²) < 4.78 is 5.00. The Morgan fingerprint density at radius 1 is 1.21 bits per heavy atom. The van der Waals surface area contributed by atoms with Crippen molar-refractivity contribution in [1.82, 2.24) is 0 Å². The van der Waals surface area contributed by atoms with E-state index < -0.39 is 5.97 Å². The minimum absolute atomic E-state index is 0.193. The summed E-state index contributed by atoms with van der Waals surface area (Å²) in [6.07, 6.45) is 1.37. The van der Waals surface area contributed by atoms with Gasteiger partial charge in [0.15, 0.2) is 0 Å². The summed E-state index contributed by atoms with van der Waals surface area (Å²) in [7, 11) is 0. The van der Waals surface area contributed by atoms with Gasteiger partial charge in [0.05, 0.1) is 11.8 Å². The first-order chi connectivity index (χ1) is 8.99. The van der Waals surface area contributed by atoms with Gasteiger partial charge in [-0.3, -0.25) is 4.99 Å². The van der Waals surface area contributed by atoms with Crippen molar-refractivity contribution >= 4 is 12.2 Å². The van der Waals surface area contributed by atoms with Crippen molar-refractivity contribution in [3.63, 3.8) is 0 Å². The molecule has 0 spiro atoms. The summed E-state index contributed by atoms with van der Waals surface area (Å²) in [5.74, 6) is -0.248. The number of benzene rings is 1. The molecule has 1 aromatic carbocycles. The van der Waals surface area contributed by atoms with Gasteiger partial charge in [-0.15, -0.1) is 0 Å². The lowest BCUT2D eigenvalue weighted by Crippen LogP contribution is -2.05. The van der Waals surface area contributed by atoms with E-state index in [-0.39, 0.29) is 5.76 Å². The number of allylic oxidation sites excluding steroid dienone is 2. The van der Waals surface area contributed by atoms with Crippen molar-refractivity contribution in [2.75, 3.05) is 0 Å². The zero-order chi connectivity index (χ0) is 14.8. The molecule has 1 aromatic rings. The molecule has 1 rings (SSSR count). The monoisotopic (exact) mass is 259 g/mol. The van der Waals surface area contributed by atoms with E-state index in [1.54, 1.807) is 19.1 Å². The number of hydrogen-bond donors (Lipinski definition) is 0. The molecule has 3 heteroatoms. The SMILES string of the molecule is C=C(C)N=CC(=C)OC(=O)c1ccc(C)cc1.CC. The Labute approximate surface area is 115 Å². The Bertz CT molecular complexity index is 470. The molecule has 0 saturated heterocycles. The van der Waals surface area contributed by atoms with Gasteiger partial charge >= 0.3 is 5.97 Å². The van der Waals surface area contributed by atoms with E-state index in [1.807, 2.05) is 32.9 Å². The first-order valence-electron chi connectivity index (χ1n) is 6.16. The third-order valence-corrected chi connectivity index (χ3v) is 1.94. The zero-order valence-electron chi connectivity index (χ0n) is 12.1. The van der Waals surface area contributed by atoms with Crippen LogP contribution in [0.25, 0.3) is 0 Å². The Balaban J connectivity index is 0.00000154. The average Bonchev–Trinajstić information content (AvgIpc) is 2.39. The third-order valence-electron chi connectivity index (χ3n) is 1.94. The van der Waals surface area contributed by atoms with E-state index in [1.165, 1.54) is 6.21 Å². The van der Waals surface area contributed by atoms with Crippen LogP contribution in [0.4, 0.5) is 0 Å². The fraction of sp³-hybridized carbons (Fsp3) is 0.250. The minimum Gasteiger partial charge on any atom is -0.422 e. The van der Waals surface area contributed by atoms with Gasteiger partial charge in [-0.1, -0.05) is 44.7 Å².